The average Bonchev–Trinajstić information content (AvgIpc) is 3.48. The summed E-state index contributed by atoms with van der Waals surface area (Å²) in [7, 11) is 0. The van der Waals surface area contributed by atoms with Gasteiger partial charge >= 0.3 is 0 Å². The monoisotopic (exact) mass is 521 g/mol. The van der Waals surface area contributed by atoms with E-state index >= 15 is 0 Å². The van der Waals surface area contributed by atoms with E-state index in [4.69, 9.17) is 4.74 Å². The Morgan fingerprint density at radius 2 is 1.89 bits per heavy atom. The molecule has 0 aliphatic carbocycles. The molecular weight excluding hydrogens is 490 g/mol. The third-order valence-electron chi connectivity index (χ3n) is 5.95. The summed E-state index contributed by atoms with van der Waals surface area (Å²) < 4.78 is 8.17. The van der Waals surface area contributed by atoms with Gasteiger partial charge in [0.25, 0.3) is 0 Å². The number of nitrogens with one attached hydrogen (secondary N) is 1. The second kappa shape index (κ2) is 11.3. The van der Waals surface area contributed by atoms with Crippen LogP contribution in [-0.4, -0.2) is 31.4 Å². The number of thioether (sulfide) groups is 1. The molecule has 36 heavy (non-hydrogen) atoms. The highest BCUT2D eigenvalue weighted by Gasteiger charge is 2.20. The van der Waals surface area contributed by atoms with Crippen molar-refractivity contribution in [2.24, 2.45) is 0 Å². The second-order valence-electron chi connectivity index (χ2n) is 8.79. The van der Waals surface area contributed by atoms with Crippen molar-refractivity contribution in [3.63, 3.8) is 0 Å². The van der Waals surface area contributed by atoms with Crippen LogP contribution >= 0.6 is 23.1 Å². The summed E-state index contributed by atoms with van der Waals surface area (Å²) in [5.41, 5.74) is 6.65. The van der Waals surface area contributed by atoms with Crippen molar-refractivity contribution in [2.75, 3.05) is 11.1 Å². The summed E-state index contributed by atoms with van der Waals surface area (Å²) in [6.07, 6.45) is -0.277. The zero-order valence-electron chi connectivity index (χ0n) is 21.5. The largest absolute Gasteiger partial charge is 0.482 e. The lowest BCUT2D eigenvalue weighted by atomic mass is 10.1. The summed E-state index contributed by atoms with van der Waals surface area (Å²) in [5.74, 6) is 1.64. The molecule has 4 rings (SSSR count). The van der Waals surface area contributed by atoms with Crippen LogP contribution in [0.5, 0.6) is 5.75 Å². The number of nitrogens with zero attached hydrogens (tertiary/aromatic N) is 4. The Labute approximate surface area is 220 Å². The number of hydrogen-bond acceptors (Lipinski definition) is 7. The van der Waals surface area contributed by atoms with Crippen LogP contribution in [0.3, 0.4) is 0 Å². The fourth-order valence-electron chi connectivity index (χ4n) is 3.83. The first-order valence-corrected chi connectivity index (χ1v) is 13.7. The van der Waals surface area contributed by atoms with Gasteiger partial charge in [-0.25, -0.2) is 4.98 Å². The van der Waals surface area contributed by atoms with Gasteiger partial charge in [-0.15, -0.1) is 21.5 Å². The molecule has 0 aliphatic heterocycles. The van der Waals surface area contributed by atoms with Gasteiger partial charge in [-0.3, -0.25) is 4.79 Å². The highest BCUT2D eigenvalue weighted by molar-refractivity contribution is 7.99. The van der Waals surface area contributed by atoms with E-state index in [1.165, 1.54) is 39.8 Å². The zero-order chi connectivity index (χ0) is 25.8. The first kappa shape index (κ1) is 25.9. The third-order valence-corrected chi connectivity index (χ3v) is 7.67. The lowest BCUT2D eigenvalue weighted by molar-refractivity contribution is -0.113. The molecule has 188 valence electrons. The first-order valence-electron chi connectivity index (χ1n) is 11.9. The van der Waals surface area contributed by atoms with Gasteiger partial charge in [-0.1, -0.05) is 41.6 Å². The van der Waals surface area contributed by atoms with E-state index in [-0.39, 0.29) is 17.8 Å². The molecule has 0 aliphatic rings. The zero-order valence-corrected chi connectivity index (χ0v) is 23.1. The Kier molecular flexibility index (Phi) is 8.11. The number of benzene rings is 2. The molecule has 1 amide bonds. The van der Waals surface area contributed by atoms with E-state index in [0.717, 1.165) is 28.4 Å². The van der Waals surface area contributed by atoms with Crippen LogP contribution in [0.4, 0.5) is 5.13 Å². The molecule has 1 unspecified atom stereocenters. The minimum Gasteiger partial charge on any atom is -0.482 e. The number of hydrogen-bond donors (Lipinski definition) is 1. The standard InChI is InChI=1S/C27H31N5O2S2/c1-7-32-25(20(6)34-23-11-8-16(2)12-19(23)5)30-31-27(32)36-15-24(33)29-26-28-22(14-35-26)21-10-9-17(3)18(4)13-21/h8-14,20H,7,15H2,1-6H3,(H,28,29,33). The Morgan fingerprint density at radius 3 is 2.61 bits per heavy atom. The highest BCUT2D eigenvalue weighted by atomic mass is 32.2. The number of amides is 1. The van der Waals surface area contributed by atoms with Crippen LogP contribution in [0.15, 0.2) is 46.9 Å². The number of aromatic nitrogens is 4. The molecular formula is C27H31N5O2S2. The number of anilines is 1. The Balaban J connectivity index is 1.37. The van der Waals surface area contributed by atoms with Gasteiger partial charge < -0.3 is 14.6 Å². The molecule has 2 aromatic heterocycles. The Morgan fingerprint density at radius 1 is 1.08 bits per heavy atom. The van der Waals surface area contributed by atoms with Crippen LogP contribution in [0, 0.1) is 27.7 Å². The van der Waals surface area contributed by atoms with Crippen molar-refractivity contribution in [2.45, 2.75) is 59.3 Å². The Bertz CT molecular complexity index is 1380. The van der Waals surface area contributed by atoms with Crippen molar-refractivity contribution >= 4 is 34.1 Å². The molecule has 0 spiro atoms. The van der Waals surface area contributed by atoms with E-state index in [1.54, 1.807) is 0 Å². The number of carbonyl (C=O) groups is 1. The summed E-state index contributed by atoms with van der Waals surface area (Å²) in [4.78, 5) is 17.2. The molecule has 1 N–H and O–H groups in total. The summed E-state index contributed by atoms with van der Waals surface area (Å²) in [6.45, 7) is 12.9. The molecule has 0 radical (unpaired) electrons. The van der Waals surface area contributed by atoms with Crippen LogP contribution in [0.2, 0.25) is 0 Å². The van der Waals surface area contributed by atoms with Gasteiger partial charge in [-0.05, 0) is 70.4 Å². The number of rotatable bonds is 9. The summed E-state index contributed by atoms with van der Waals surface area (Å²) in [6, 6.07) is 12.4. The lowest BCUT2D eigenvalue weighted by Crippen LogP contribution is -2.15. The third kappa shape index (κ3) is 5.96. The van der Waals surface area contributed by atoms with Crippen molar-refractivity contribution in [1.82, 2.24) is 19.7 Å². The summed E-state index contributed by atoms with van der Waals surface area (Å²) >= 11 is 2.77. The molecule has 1 atom stereocenters. The van der Waals surface area contributed by atoms with Gasteiger partial charge in [0.05, 0.1) is 11.4 Å². The molecule has 0 fully saturated rings. The maximum absolute atomic E-state index is 12.6. The van der Waals surface area contributed by atoms with E-state index in [2.05, 4.69) is 65.5 Å². The van der Waals surface area contributed by atoms with E-state index in [9.17, 15) is 4.79 Å². The van der Waals surface area contributed by atoms with Crippen molar-refractivity contribution in [1.29, 1.82) is 0 Å². The van der Waals surface area contributed by atoms with Gasteiger partial charge in [0.15, 0.2) is 22.2 Å². The van der Waals surface area contributed by atoms with Crippen LogP contribution in [-0.2, 0) is 11.3 Å². The molecule has 0 saturated carbocycles. The topological polar surface area (TPSA) is 81.9 Å². The van der Waals surface area contributed by atoms with Crippen LogP contribution in [0.25, 0.3) is 11.3 Å². The molecule has 0 bridgehead atoms. The van der Waals surface area contributed by atoms with Crippen molar-refractivity contribution in [3.8, 4) is 17.0 Å². The minimum absolute atomic E-state index is 0.132. The predicted molar refractivity (Wildman–Crippen MR) is 147 cm³/mol. The number of ether oxygens (including phenoxy) is 1. The molecule has 9 heteroatoms. The number of aryl methyl sites for hydroxylation is 4. The van der Waals surface area contributed by atoms with Crippen molar-refractivity contribution < 1.29 is 9.53 Å². The summed E-state index contributed by atoms with van der Waals surface area (Å²) in [5, 5.41) is 14.8. The molecule has 0 saturated heterocycles. The highest BCUT2D eigenvalue weighted by Crippen LogP contribution is 2.29. The number of thiazole rings is 1. The van der Waals surface area contributed by atoms with Gasteiger partial charge in [0, 0.05) is 17.5 Å². The predicted octanol–water partition coefficient (Wildman–Crippen LogP) is 6.53. The van der Waals surface area contributed by atoms with E-state index < -0.39 is 0 Å². The second-order valence-corrected chi connectivity index (χ2v) is 10.6. The molecule has 4 aromatic rings. The SMILES string of the molecule is CCn1c(SCC(=O)Nc2nc(-c3ccc(C)c(C)c3)cs2)nnc1C(C)Oc1ccc(C)cc1C. The van der Waals surface area contributed by atoms with Crippen LogP contribution < -0.4 is 10.1 Å². The van der Waals surface area contributed by atoms with Gasteiger partial charge in [0.2, 0.25) is 5.91 Å². The van der Waals surface area contributed by atoms with Crippen LogP contribution in [0.1, 0.15) is 48.0 Å². The first-order chi connectivity index (χ1) is 17.2. The maximum Gasteiger partial charge on any atom is 0.236 e. The molecule has 2 aromatic carbocycles. The minimum atomic E-state index is -0.277. The number of carbonyl (C=O) groups excluding carboxylic acids is 1. The molecule has 7 nitrogen and oxygen atoms in total. The maximum atomic E-state index is 12.6. The van der Waals surface area contributed by atoms with E-state index in [1.807, 2.05) is 42.9 Å². The normalized spacial score (nSPS) is 11.9. The van der Waals surface area contributed by atoms with Gasteiger partial charge in [-0.2, -0.15) is 0 Å². The van der Waals surface area contributed by atoms with Crippen molar-refractivity contribution in [3.05, 3.63) is 69.9 Å². The fourth-order valence-corrected chi connectivity index (χ4v) is 5.37. The van der Waals surface area contributed by atoms with E-state index in [0.29, 0.717) is 16.8 Å². The average molecular weight is 522 g/mol. The molecule has 2 heterocycles. The smallest absolute Gasteiger partial charge is 0.236 e. The van der Waals surface area contributed by atoms with Gasteiger partial charge in [0.1, 0.15) is 5.75 Å². The fraction of sp³-hybridized carbons (Fsp3) is 0.333. The Hall–Kier alpha value is -3.17. The lowest BCUT2D eigenvalue weighted by Gasteiger charge is -2.17. The quantitative estimate of drug-likeness (QED) is 0.252.